The highest BCUT2D eigenvalue weighted by atomic mass is 16.5. The SMILES string of the molecule is CC(C(=O)c1ccc(Oc2cccc3ccccc23)nc1)c1cccnc1. The minimum absolute atomic E-state index is 0.00668. The number of hydrogen-bond donors (Lipinski definition) is 0. The van der Waals surface area contributed by atoms with Gasteiger partial charge in [-0.05, 0) is 29.1 Å². The molecule has 0 fully saturated rings. The molecule has 4 nitrogen and oxygen atoms in total. The number of ether oxygens (including phenoxy) is 1. The Morgan fingerprint density at radius 2 is 1.78 bits per heavy atom. The van der Waals surface area contributed by atoms with E-state index in [1.165, 1.54) is 0 Å². The molecule has 0 aliphatic carbocycles. The van der Waals surface area contributed by atoms with Crippen molar-refractivity contribution >= 4 is 16.6 Å². The molecule has 0 spiro atoms. The number of carbonyl (C=O) groups excluding carboxylic acids is 1. The lowest BCUT2D eigenvalue weighted by Crippen LogP contribution is -2.10. The number of Topliss-reactive ketones (excluding diaryl/α,β-unsaturated/α-hetero) is 1. The van der Waals surface area contributed by atoms with Crippen LogP contribution >= 0.6 is 0 Å². The summed E-state index contributed by atoms with van der Waals surface area (Å²) >= 11 is 0. The van der Waals surface area contributed by atoms with Gasteiger partial charge >= 0.3 is 0 Å². The van der Waals surface area contributed by atoms with Crippen LogP contribution in [0.5, 0.6) is 11.6 Å². The molecule has 4 rings (SSSR count). The first-order valence-corrected chi connectivity index (χ1v) is 8.78. The lowest BCUT2D eigenvalue weighted by Gasteiger charge is -2.11. The van der Waals surface area contributed by atoms with Gasteiger partial charge in [0.1, 0.15) is 5.75 Å². The van der Waals surface area contributed by atoms with Gasteiger partial charge in [0.25, 0.3) is 0 Å². The molecule has 0 aliphatic heterocycles. The number of fused-ring (bicyclic) bond motifs is 1. The lowest BCUT2D eigenvalue weighted by molar-refractivity contribution is 0.0965. The van der Waals surface area contributed by atoms with Gasteiger partial charge in [-0.3, -0.25) is 9.78 Å². The highest BCUT2D eigenvalue weighted by Crippen LogP contribution is 2.29. The number of pyridine rings is 2. The molecule has 4 heteroatoms. The van der Waals surface area contributed by atoms with E-state index in [4.69, 9.17) is 4.74 Å². The van der Waals surface area contributed by atoms with E-state index in [0.717, 1.165) is 22.1 Å². The largest absolute Gasteiger partial charge is 0.438 e. The summed E-state index contributed by atoms with van der Waals surface area (Å²) in [6.45, 7) is 1.87. The van der Waals surface area contributed by atoms with Crippen LogP contribution in [-0.2, 0) is 0 Å². The number of benzene rings is 2. The summed E-state index contributed by atoms with van der Waals surface area (Å²) in [6.07, 6.45) is 4.98. The van der Waals surface area contributed by atoms with Crippen molar-refractivity contribution in [2.75, 3.05) is 0 Å². The first kappa shape index (κ1) is 16.9. The Hall–Kier alpha value is -3.53. The van der Waals surface area contributed by atoms with E-state index in [1.54, 1.807) is 30.7 Å². The molecular formula is C23H18N2O2. The van der Waals surface area contributed by atoms with Gasteiger partial charge in [0.15, 0.2) is 5.78 Å². The Morgan fingerprint density at radius 1 is 0.926 bits per heavy atom. The highest BCUT2D eigenvalue weighted by molar-refractivity contribution is 6.00. The smallest absolute Gasteiger partial charge is 0.219 e. The van der Waals surface area contributed by atoms with Crippen molar-refractivity contribution in [1.82, 2.24) is 9.97 Å². The zero-order valence-electron chi connectivity index (χ0n) is 14.9. The van der Waals surface area contributed by atoms with E-state index < -0.39 is 0 Å². The lowest BCUT2D eigenvalue weighted by atomic mass is 9.94. The third-order valence-corrected chi connectivity index (χ3v) is 4.56. The second-order valence-electron chi connectivity index (χ2n) is 6.34. The maximum absolute atomic E-state index is 12.7. The molecular weight excluding hydrogens is 336 g/mol. The number of carbonyl (C=O) groups is 1. The topological polar surface area (TPSA) is 52.1 Å². The number of nitrogens with zero attached hydrogens (tertiary/aromatic N) is 2. The van der Waals surface area contributed by atoms with Crippen molar-refractivity contribution in [2.24, 2.45) is 0 Å². The molecule has 0 aliphatic rings. The fourth-order valence-corrected chi connectivity index (χ4v) is 3.02. The van der Waals surface area contributed by atoms with Crippen LogP contribution in [0.15, 0.2) is 85.3 Å². The van der Waals surface area contributed by atoms with Gasteiger partial charge in [0, 0.05) is 41.5 Å². The fourth-order valence-electron chi connectivity index (χ4n) is 3.02. The van der Waals surface area contributed by atoms with Crippen LogP contribution in [0, 0.1) is 0 Å². The average molecular weight is 354 g/mol. The Morgan fingerprint density at radius 3 is 2.56 bits per heavy atom. The maximum Gasteiger partial charge on any atom is 0.219 e. The van der Waals surface area contributed by atoms with Crippen LogP contribution in [0.25, 0.3) is 10.8 Å². The summed E-state index contributed by atoms with van der Waals surface area (Å²) in [6, 6.07) is 21.1. The van der Waals surface area contributed by atoms with Crippen LogP contribution in [0.1, 0.15) is 28.8 Å². The van der Waals surface area contributed by atoms with Crippen LogP contribution in [0.2, 0.25) is 0 Å². The minimum Gasteiger partial charge on any atom is -0.438 e. The first-order valence-electron chi connectivity index (χ1n) is 8.78. The van der Waals surface area contributed by atoms with Crippen LogP contribution in [-0.4, -0.2) is 15.8 Å². The second-order valence-corrected chi connectivity index (χ2v) is 6.34. The average Bonchev–Trinajstić information content (AvgIpc) is 2.74. The molecule has 2 aromatic carbocycles. The molecule has 0 saturated heterocycles. The molecule has 4 aromatic rings. The van der Waals surface area contributed by atoms with Crippen molar-refractivity contribution in [1.29, 1.82) is 0 Å². The summed E-state index contributed by atoms with van der Waals surface area (Å²) in [5.41, 5.74) is 1.44. The Kier molecular flexibility index (Phi) is 4.62. The van der Waals surface area contributed by atoms with Crippen molar-refractivity contribution < 1.29 is 9.53 Å². The number of aromatic nitrogens is 2. The van der Waals surface area contributed by atoms with E-state index in [9.17, 15) is 4.79 Å². The maximum atomic E-state index is 12.7. The monoisotopic (exact) mass is 354 g/mol. The van der Waals surface area contributed by atoms with Gasteiger partial charge in [0.2, 0.25) is 5.88 Å². The van der Waals surface area contributed by atoms with Crippen molar-refractivity contribution in [3.63, 3.8) is 0 Å². The normalized spacial score (nSPS) is 11.9. The third-order valence-electron chi connectivity index (χ3n) is 4.56. The van der Waals surface area contributed by atoms with E-state index >= 15 is 0 Å². The Bertz CT molecular complexity index is 1070. The summed E-state index contributed by atoms with van der Waals surface area (Å²) in [7, 11) is 0. The molecule has 1 unspecified atom stereocenters. The molecule has 1 atom stereocenters. The molecule has 132 valence electrons. The van der Waals surface area contributed by atoms with E-state index in [2.05, 4.69) is 9.97 Å². The Labute approximate surface area is 157 Å². The molecule has 0 N–H and O–H groups in total. The zero-order valence-corrected chi connectivity index (χ0v) is 14.9. The Balaban J connectivity index is 1.54. The van der Waals surface area contributed by atoms with Gasteiger partial charge in [-0.25, -0.2) is 4.98 Å². The number of rotatable bonds is 5. The second kappa shape index (κ2) is 7.38. The molecule has 0 amide bonds. The summed E-state index contributed by atoms with van der Waals surface area (Å²) in [4.78, 5) is 21.1. The molecule has 27 heavy (non-hydrogen) atoms. The molecule has 2 heterocycles. The number of hydrogen-bond acceptors (Lipinski definition) is 4. The predicted octanol–water partition coefficient (Wildman–Crippen LogP) is 5.41. The fraction of sp³-hybridized carbons (Fsp3) is 0.0870. The van der Waals surface area contributed by atoms with Crippen LogP contribution in [0.4, 0.5) is 0 Å². The molecule has 0 bridgehead atoms. The highest BCUT2D eigenvalue weighted by Gasteiger charge is 2.18. The quantitative estimate of drug-likeness (QED) is 0.450. The van der Waals surface area contributed by atoms with Crippen LogP contribution in [0.3, 0.4) is 0 Å². The first-order chi connectivity index (χ1) is 13.2. The van der Waals surface area contributed by atoms with Crippen LogP contribution < -0.4 is 4.74 Å². The summed E-state index contributed by atoms with van der Waals surface area (Å²) < 4.78 is 5.94. The van der Waals surface area contributed by atoms with E-state index in [1.807, 2.05) is 61.5 Å². The summed E-state index contributed by atoms with van der Waals surface area (Å²) in [5.74, 6) is 0.929. The predicted molar refractivity (Wildman–Crippen MR) is 105 cm³/mol. The van der Waals surface area contributed by atoms with Crippen molar-refractivity contribution in [3.05, 3.63) is 96.4 Å². The third kappa shape index (κ3) is 3.55. The van der Waals surface area contributed by atoms with E-state index in [0.29, 0.717) is 11.4 Å². The standard InChI is InChI=1S/C23H18N2O2/c1-16(18-8-5-13-24-14-18)23(26)19-11-12-22(25-15-19)27-21-10-4-7-17-6-2-3-9-20(17)21/h2-16H,1H3. The summed E-state index contributed by atoms with van der Waals surface area (Å²) in [5, 5.41) is 2.12. The van der Waals surface area contributed by atoms with Crippen molar-refractivity contribution in [2.45, 2.75) is 12.8 Å². The molecule has 2 aromatic heterocycles. The molecule has 0 radical (unpaired) electrons. The van der Waals surface area contributed by atoms with Gasteiger partial charge < -0.3 is 4.74 Å². The van der Waals surface area contributed by atoms with Gasteiger partial charge in [-0.15, -0.1) is 0 Å². The van der Waals surface area contributed by atoms with Gasteiger partial charge in [-0.1, -0.05) is 49.4 Å². The van der Waals surface area contributed by atoms with Crippen molar-refractivity contribution in [3.8, 4) is 11.6 Å². The van der Waals surface area contributed by atoms with Gasteiger partial charge in [-0.2, -0.15) is 0 Å². The minimum atomic E-state index is -0.273. The van der Waals surface area contributed by atoms with Gasteiger partial charge in [0.05, 0.1) is 0 Å². The molecule has 0 saturated carbocycles. The zero-order chi connectivity index (χ0) is 18.6. The number of ketones is 1. The van der Waals surface area contributed by atoms with E-state index in [-0.39, 0.29) is 11.7 Å².